The van der Waals surface area contributed by atoms with Crippen LogP contribution in [0.3, 0.4) is 0 Å². The molecule has 2 rings (SSSR count). The third-order valence-corrected chi connectivity index (χ3v) is 6.24. The number of hydrogen-bond donors (Lipinski definition) is 2. The first kappa shape index (κ1) is 22.5. The zero-order chi connectivity index (χ0) is 20.6. The average molecular weight is 421 g/mol. The Morgan fingerprint density at radius 1 is 1.18 bits per heavy atom. The van der Waals surface area contributed by atoms with Crippen molar-refractivity contribution in [3.05, 3.63) is 35.9 Å². The normalized spacial score (nSPS) is 17.5. The van der Waals surface area contributed by atoms with E-state index >= 15 is 0 Å². The van der Waals surface area contributed by atoms with E-state index in [-0.39, 0.29) is 19.0 Å². The van der Waals surface area contributed by atoms with Gasteiger partial charge in [-0.1, -0.05) is 30.3 Å². The summed E-state index contributed by atoms with van der Waals surface area (Å²) in [6.07, 6.45) is 1.57. The topological polar surface area (TPSA) is 73.8 Å². The summed E-state index contributed by atoms with van der Waals surface area (Å²) in [6, 6.07) is 10.0. The molecule has 0 aromatic heterocycles. The molecule has 10 heteroatoms. The number of aliphatic imine (C=N–C) groups is 1. The standard InChI is InChI=1S/C18H27F3N4O2S/c1-2-22-17(23-11-8-15-6-4-3-5-7-15)24-14-16-9-12-25(13-10-16)28(26,27)18(19,20)21/h3-7,16H,2,8-14H2,1H3,(H2,22,23,24). The van der Waals surface area contributed by atoms with Gasteiger partial charge in [-0.3, -0.25) is 4.99 Å². The van der Waals surface area contributed by atoms with Crippen LogP contribution in [0.5, 0.6) is 0 Å². The lowest BCUT2D eigenvalue weighted by Gasteiger charge is -2.30. The Bertz CT molecular complexity index is 731. The predicted molar refractivity (Wildman–Crippen MR) is 103 cm³/mol. The second-order valence-corrected chi connectivity index (χ2v) is 8.60. The fraction of sp³-hybridized carbons (Fsp3) is 0.611. The van der Waals surface area contributed by atoms with Crippen molar-refractivity contribution in [1.82, 2.24) is 14.9 Å². The van der Waals surface area contributed by atoms with Gasteiger partial charge in [-0.2, -0.15) is 17.5 Å². The van der Waals surface area contributed by atoms with Crippen LogP contribution >= 0.6 is 0 Å². The zero-order valence-corrected chi connectivity index (χ0v) is 16.7. The van der Waals surface area contributed by atoms with Crippen LogP contribution in [0.2, 0.25) is 0 Å². The Morgan fingerprint density at radius 2 is 1.82 bits per heavy atom. The number of halogens is 3. The maximum atomic E-state index is 12.6. The van der Waals surface area contributed by atoms with E-state index in [1.165, 1.54) is 5.56 Å². The number of benzene rings is 1. The fourth-order valence-corrected chi connectivity index (χ4v) is 3.99. The number of guanidine groups is 1. The van der Waals surface area contributed by atoms with Crippen LogP contribution in [0, 0.1) is 5.92 Å². The Labute approximate surface area is 164 Å². The Kier molecular flexibility index (Phi) is 8.11. The first-order valence-corrected chi connectivity index (χ1v) is 10.8. The summed E-state index contributed by atoms with van der Waals surface area (Å²) in [5, 5.41) is 6.39. The molecule has 1 aromatic carbocycles. The van der Waals surface area contributed by atoms with Gasteiger partial charge >= 0.3 is 15.5 Å². The lowest BCUT2D eigenvalue weighted by atomic mass is 9.98. The van der Waals surface area contributed by atoms with Crippen LogP contribution < -0.4 is 10.6 Å². The molecule has 2 N–H and O–H groups in total. The largest absolute Gasteiger partial charge is 0.511 e. The van der Waals surface area contributed by atoms with Gasteiger partial charge in [0.1, 0.15) is 0 Å². The van der Waals surface area contributed by atoms with Gasteiger partial charge in [0.25, 0.3) is 0 Å². The molecule has 0 unspecified atom stereocenters. The third-order valence-electron chi connectivity index (χ3n) is 4.61. The molecule has 1 aliphatic heterocycles. The van der Waals surface area contributed by atoms with Crippen molar-refractivity contribution in [3.63, 3.8) is 0 Å². The molecular weight excluding hydrogens is 393 g/mol. The minimum absolute atomic E-state index is 0.0595. The van der Waals surface area contributed by atoms with Crippen LogP contribution in [0.25, 0.3) is 0 Å². The molecule has 0 radical (unpaired) electrons. The van der Waals surface area contributed by atoms with Crippen LogP contribution in [0.15, 0.2) is 35.3 Å². The SMILES string of the molecule is CCNC(=NCC1CCN(S(=O)(=O)C(F)(F)F)CC1)NCCc1ccccc1. The summed E-state index contributed by atoms with van der Waals surface area (Å²) in [5.41, 5.74) is -4.03. The molecular formula is C18H27F3N4O2S. The van der Waals surface area contributed by atoms with Crippen molar-refractivity contribution < 1.29 is 21.6 Å². The average Bonchev–Trinajstić information content (AvgIpc) is 2.66. The van der Waals surface area contributed by atoms with E-state index in [1.807, 2.05) is 25.1 Å². The Hall–Kier alpha value is -1.81. The van der Waals surface area contributed by atoms with E-state index in [4.69, 9.17) is 0 Å². The zero-order valence-electron chi connectivity index (χ0n) is 15.9. The lowest BCUT2D eigenvalue weighted by molar-refractivity contribution is -0.0496. The maximum Gasteiger partial charge on any atom is 0.511 e. The molecule has 0 aliphatic carbocycles. The number of sulfonamides is 1. The molecule has 158 valence electrons. The van der Waals surface area contributed by atoms with Crippen molar-refractivity contribution in [3.8, 4) is 0 Å². The molecule has 1 saturated heterocycles. The van der Waals surface area contributed by atoms with Crippen molar-refractivity contribution in [2.75, 3.05) is 32.7 Å². The quantitative estimate of drug-likeness (QED) is 0.525. The number of rotatable bonds is 7. The molecule has 0 bridgehead atoms. The van der Waals surface area contributed by atoms with Gasteiger partial charge in [0.15, 0.2) is 5.96 Å². The second kappa shape index (κ2) is 10.1. The van der Waals surface area contributed by atoms with Gasteiger partial charge in [0, 0.05) is 32.7 Å². The van der Waals surface area contributed by atoms with Gasteiger partial charge in [0.2, 0.25) is 0 Å². The molecule has 1 aliphatic rings. The van der Waals surface area contributed by atoms with E-state index in [0.717, 1.165) is 6.42 Å². The fourth-order valence-electron chi connectivity index (χ4n) is 3.01. The molecule has 0 spiro atoms. The summed E-state index contributed by atoms with van der Waals surface area (Å²) in [5.74, 6) is 0.716. The van der Waals surface area contributed by atoms with Crippen LogP contribution in [-0.4, -0.2) is 56.9 Å². The first-order valence-electron chi connectivity index (χ1n) is 9.36. The number of nitrogens with zero attached hydrogens (tertiary/aromatic N) is 2. The molecule has 28 heavy (non-hydrogen) atoms. The van der Waals surface area contributed by atoms with E-state index < -0.39 is 15.5 Å². The molecule has 0 amide bonds. The van der Waals surface area contributed by atoms with E-state index in [9.17, 15) is 21.6 Å². The summed E-state index contributed by atoms with van der Waals surface area (Å²) in [7, 11) is -5.23. The first-order chi connectivity index (χ1) is 13.2. The number of nitrogens with one attached hydrogen (secondary N) is 2. The molecule has 0 saturated carbocycles. The highest BCUT2D eigenvalue weighted by Gasteiger charge is 2.50. The number of piperidine rings is 1. The molecule has 0 atom stereocenters. The molecule has 1 aromatic rings. The Morgan fingerprint density at radius 3 is 2.39 bits per heavy atom. The summed E-state index contributed by atoms with van der Waals surface area (Å²) < 4.78 is 61.3. The molecule has 6 nitrogen and oxygen atoms in total. The van der Waals surface area contributed by atoms with E-state index in [0.29, 0.717) is 42.7 Å². The smallest absolute Gasteiger partial charge is 0.357 e. The predicted octanol–water partition coefficient (Wildman–Crippen LogP) is 2.35. The summed E-state index contributed by atoms with van der Waals surface area (Å²) in [4.78, 5) is 4.51. The van der Waals surface area contributed by atoms with Crippen molar-refractivity contribution in [1.29, 1.82) is 0 Å². The second-order valence-electron chi connectivity index (χ2n) is 6.68. The highest BCUT2D eigenvalue weighted by Crippen LogP contribution is 2.30. The number of alkyl halides is 3. The van der Waals surface area contributed by atoms with E-state index in [2.05, 4.69) is 27.8 Å². The van der Waals surface area contributed by atoms with Gasteiger partial charge in [-0.25, -0.2) is 8.42 Å². The highest BCUT2D eigenvalue weighted by atomic mass is 32.2. The van der Waals surface area contributed by atoms with Gasteiger partial charge in [-0.05, 0) is 37.7 Å². The van der Waals surface area contributed by atoms with Crippen molar-refractivity contribution in [2.45, 2.75) is 31.7 Å². The third kappa shape index (κ3) is 6.37. The summed E-state index contributed by atoms with van der Waals surface area (Å²) in [6.45, 7) is 3.55. The minimum atomic E-state index is -5.24. The monoisotopic (exact) mass is 420 g/mol. The lowest BCUT2D eigenvalue weighted by Crippen LogP contribution is -2.45. The minimum Gasteiger partial charge on any atom is -0.357 e. The van der Waals surface area contributed by atoms with Crippen LogP contribution in [0.4, 0.5) is 13.2 Å². The molecule has 1 heterocycles. The molecule has 1 fully saturated rings. The van der Waals surface area contributed by atoms with Crippen LogP contribution in [-0.2, 0) is 16.4 Å². The highest BCUT2D eigenvalue weighted by molar-refractivity contribution is 7.90. The van der Waals surface area contributed by atoms with Crippen molar-refractivity contribution >= 4 is 16.0 Å². The van der Waals surface area contributed by atoms with Crippen LogP contribution in [0.1, 0.15) is 25.3 Å². The van der Waals surface area contributed by atoms with Gasteiger partial charge < -0.3 is 10.6 Å². The van der Waals surface area contributed by atoms with E-state index in [1.54, 1.807) is 0 Å². The van der Waals surface area contributed by atoms with Gasteiger partial charge in [0.05, 0.1) is 0 Å². The van der Waals surface area contributed by atoms with Crippen molar-refractivity contribution in [2.24, 2.45) is 10.9 Å². The maximum absolute atomic E-state index is 12.6. The number of hydrogen-bond acceptors (Lipinski definition) is 3. The summed E-state index contributed by atoms with van der Waals surface area (Å²) >= 11 is 0. The van der Waals surface area contributed by atoms with Gasteiger partial charge in [-0.15, -0.1) is 0 Å². The Balaban J connectivity index is 1.81.